The first-order valence-electron chi connectivity index (χ1n) is 26.6. The van der Waals surface area contributed by atoms with Crippen LogP contribution in [-0.4, -0.2) is 166 Å². The number of amides is 5. The topological polar surface area (TPSA) is 256 Å². The Bertz CT molecular complexity index is 2990. The summed E-state index contributed by atoms with van der Waals surface area (Å²) in [6, 6.07) is 17.2. The fourth-order valence-electron chi connectivity index (χ4n) is 9.69. The van der Waals surface area contributed by atoms with Gasteiger partial charge in [-0.3, -0.25) is 33.6 Å². The molecule has 5 heterocycles. The van der Waals surface area contributed by atoms with Gasteiger partial charge in [0.05, 0.1) is 104 Å². The van der Waals surface area contributed by atoms with Crippen molar-refractivity contribution in [3.05, 3.63) is 95.0 Å². The number of hydrogen-bond donors (Lipinski definition) is 6. The third-order valence-electron chi connectivity index (χ3n) is 13.9. The van der Waals surface area contributed by atoms with Gasteiger partial charge in [-0.1, -0.05) is 45.0 Å². The second kappa shape index (κ2) is 27.3. The zero-order valence-corrected chi connectivity index (χ0v) is 46.0. The summed E-state index contributed by atoms with van der Waals surface area (Å²) >= 11 is 1.57. The van der Waals surface area contributed by atoms with Crippen LogP contribution in [0, 0.1) is 18.3 Å². The number of hydrogen-bond acceptors (Lipinski definition) is 15. The molecule has 2 aliphatic rings. The number of benzene rings is 3. The first-order valence-corrected chi connectivity index (χ1v) is 27.5. The van der Waals surface area contributed by atoms with Crippen molar-refractivity contribution in [2.75, 3.05) is 84.4 Å². The number of aromatic nitrogens is 5. The highest BCUT2D eigenvalue weighted by Gasteiger charge is 2.44. The van der Waals surface area contributed by atoms with Gasteiger partial charge in [0.15, 0.2) is 0 Å². The highest BCUT2D eigenvalue weighted by molar-refractivity contribution is 7.13. The van der Waals surface area contributed by atoms with Crippen molar-refractivity contribution in [1.29, 1.82) is 0 Å². The molecule has 1 unspecified atom stereocenters. The summed E-state index contributed by atoms with van der Waals surface area (Å²) in [6.07, 6.45) is 2.37. The van der Waals surface area contributed by atoms with E-state index in [2.05, 4.69) is 41.2 Å². The van der Waals surface area contributed by atoms with Crippen molar-refractivity contribution in [3.8, 4) is 10.4 Å². The normalized spacial score (nSPS) is 17.2. The Kier molecular flexibility index (Phi) is 20.1. The first kappa shape index (κ1) is 57.5. The molecule has 4 atom stereocenters. The number of anilines is 1. The number of nitrogens with one attached hydrogen (secondary N) is 5. The van der Waals surface area contributed by atoms with Gasteiger partial charge in [-0.2, -0.15) is 5.10 Å². The summed E-state index contributed by atoms with van der Waals surface area (Å²) in [6.45, 7) is 13.0. The fourth-order valence-corrected chi connectivity index (χ4v) is 10.5. The van der Waals surface area contributed by atoms with Crippen molar-refractivity contribution >= 4 is 68.5 Å². The lowest BCUT2D eigenvalue weighted by Crippen LogP contribution is -2.57. The second-order valence-corrected chi connectivity index (χ2v) is 21.9. The number of H-pyrrole nitrogens is 1. The summed E-state index contributed by atoms with van der Waals surface area (Å²) < 4.78 is 24.2. The van der Waals surface area contributed by atoms with Crippen LogP contribution in [0.2, 0.25) is 0 Å². The minimum absolute atomic E-state index is 0.000421. The number of ether oxygens (including phenoxy) is 4. The van der Waals surface area contributed by atoms with Gasteiger partial charge in [-0.25, -0.2) is 9.97 Å². The Morgan fingerprint density at radius 1 is 0.872 bits per heavy atom. The van der Waals surface area contributed by atoms with Crippen molar-refractivity contribution in [1.82, 2.24) is 50.5 Å². The number of carbonyl (C=O) groups excluding carboxylic acids is 5. The Labute approximate surface area is 458 Å². The van der Waals surface area contributed by atoms with Crippen LogP contribution in [0.3, 0.4) is 0 Å². The van der Waals surface area contributed by atoms with Gasteiger partial charge in [-0.15, -0.1) is 11.3 Å². The highest BCUT2D eigenvalue weighted by Crippen LogP contribution is 2.29. The molecule has 6 aromatic rings. The molecule has 0 saturated carbocycles. The number of aryl methyl sites for hydroxylation is 2. The van der Waals surface area contributed by atoms with Gasteiger partial charge in [0.1, 0.15) is 17.9 Å². The average molecular weight is 1090 g/mol. The molecule has 6 N–H and O–H groups in total. The van der Waals surface area contributed by atoms with Crippen LogP contribution in [-0.2, 0) is 58.3 Å². The summed E-state index contributed by atoms with van der Waals surface area (Å²) in [5.41, 5.74) is 7.85. The molecule has 2 saturated heterocycles. The van der Waals surface area contributed by atoms with Gasteiger partial charge in [0, 0.05) is 69.1 Å². The summed E-state index contributed by atoms with van der Waals surface area (Å²) in [5.74, 6) is -0.286. The van der Waals surface area contributed by atoms with Crippen LogP contribution in [0.1, 0.15) is 73.9 Å². The maximum atomic E-state index is 14.0. The zero-order chi connectivity index (χ0) is 55.2. The third-order valence-corrected chi connectivity index (χ3v) is 14.9. The number of nitrogens with zero attached hydrogens (tertiary/aromatic N) is 6. The number of likely N-dealkylation sites (tertiary alicyclic amines) is 2. The summed E-state index contributed by atoms with van der Waals surface area (Å²) in [5, 5.41) is 27.4. The number of aliphatic hydroxyl groups excluding tert-OH is 1. The Balaban J connectivity index is 0.619. The van der Waals surface area contributed by atoms with Gasteiger partial charge in [-0.05, 0) is 78.7 Å². The van der Waals surface area contributed by atoms with Crippen molar-refractivity contribution < 1.29 is 48.0 Å². The summed E-state index contributed by atoms with van der Waals surface area (Å²) in [7, 11) is 1.87. The Morgan fingerprint density at radius 2 is 1.60 bits per heavy atom. The molecular formula is C56H73N11O10S. The molecule has 0 bridgehead atoms. The molecule has 21 nitrogen and oxygen atoms in total. The van der Waals surface area contributed by atoms with Crippen LogP contribution < -0.4 is 21.3 Å². The average Bonchev–Trinajstić information content (AvgIpc) is 4.29. The molecule has 418 valence electrons. The van der Waals surface area contributed by atoms with E-state index in [0.29, 0.717) is 70.4 Å². The quantitative estimate of drug-likeness (QED) is 0.0382. The maximum absolute atomic E-state index is 14.0. The van der Waals surface area contributed by atoms with Crippen LogP contribution >= 0.6 is 11.3 Å². The van der Waals surface area contributed by atoms with Crippen LogP contribution in [0.15, 0.2) is 72.4 Å². The number of thiazole rings is 1. The standard InChI is InChI=1S/C56H73N11O10S/c1-36-51(78-35-59-36)39-8-6-37(7-9-39)30-58-54(72)47-29-43(68)33-67(47)55(73)52(56(2,3)4)64-49(69)15-18-74-20-22-76-24-25-77-23-21-75-19-16-57-50(70)26-38-14-17-66(32-38)34-48-62-44-12-11-42(28-45(44)63-48)61-53(71)40-10-13-46-41(27-40)31-60-65(46)5/h6-13,27-28,31,35,38,43,47,52,68H,14-26,29-30,32-34H2,1-5H3,(H,57,70)(H,58,72)(H,61,71)(H,62,63)(H,64,69)/t38?,43-,47+,52-/m1/s1. The molecule has 78 heavy (non-hydrogen) atoms. The van der Waals surface area contributed by atoms with E-state index >= 15 is 0 Å². The van der Waals surface area contributed by atoms with E-state index in [1.807, 2.05) is 94.9 Å². The molecule has 2 fully saturated rings. The molecule has 0 radical (unpaired) electrons. The molecule has 3 aromatic carbocycles. The van der Waals surface area contributed by atoms with E-state index in [0.717, 1.165) is 69.0 Å². The monoisotopic (exact) mass is 1090 g/mol. The summed E-state index contributed by atoms with van der Waals surface area (Å²) in [4.78, 5) is 83.4. The van der Waals surface area contributed by atoms with Crippen LogP contribution in [0.25, 0.3) is 32.4 Å². The SMILES string of the molecule is Cc1ncsc1-c1ccc(CNC(=O)[C@@H]2C[C@@H](O)CN2C(=O)[C@@H](NC(=O)CCOCCOCCOCCOCCNC(=O)CC2CCN(Cc3nc4cc(NC(=O)c5ccc6c(cnn6C)c5)ccc4[nH]3)C2)C(C)(C)C)cc1. The number of fused-ring (bicyclic) bond motifs is 2. The molecule has 22 heteroatoms. The van der Waals surface area contributed by atoms with E-state index < -0.39 is 29.5 Å². The van der Waals surface area contributed by atoms with Crippen molar-refractivity contribution in [3.63, 3.8) is 0 Å². The predicted molar refractivity (Wildman–Crippen MR) is 295 cm³/mol. The molecule has 5 amide bonds. The zero-order valence-electron chi connectivity index (χ0n) is 45.2. The van der Waals surface area contributed by atoms with E-state index in [4.69, 9.17) is 23.9 Å². The van der Waals surface area contributed by atoms with Gasteiger partial charge >= 0.3 is 0 Å². The number of β-amino-alcohol motifs (C(OH)–C–C–N with tert-alkyl or cyclic N) is 1. The fraction of sp³-hybridized carbons (Fsp3) is 0.500. The predicted octanol–water partition coefficient (Wildman–Crippen LogP) is 4.73. The number of rotatable bonds is 27. The van der Waals surface area contributed by atoms with Crippen molar-refractivity contribution in [2.24, 2.45) is 18.4 Å². The van der Waals surface area contributed by atoms with Gasteiger partial charge in [0.25, 0.3) is 5.91 Å². The molecular weight excluding hydrogens is 1020 g/mol. The number of aliphatic hydroxyl groups is 1. The number of imidazole rings is 1. The van der Waals surface area contributed by atoms with Gasteiger partial charge in [0.2, 0.25) is 23.6 Å². The number of carbonyl (C=O) groups is 5. The van der Waals surface area contributed by atoms with Crippen LogP contribution in [0.5, 0.6) is 0 Å². The minimum atomic E-state index is -0.935. The Hall–Kier alpha value is -6.66. The molecule has 2 aliphatic heterocycles. The highest BCUT2D eigenvalue weighted by atomic mass is 32.1. The lowest BCUT2D eigenvalue weighted by Gasteiger charge is -2.35. The van der Waals surface area contributed by atoms with E-state index in [-0.39, 0.29) is 68.7 Å². The van der Waals surface area contributed by atoms with E-state index in [1.54, 1.807) is 28.3 Å². The molecule has 8 rings (SSSR count). The molecule has 3 aromatic heterocycles. The smallest absolute Gasteiger partial charge is 0.255 e. The third kappa shape index (κ3) is 16.0. The molecule has 0 spiro atoms. The Morgan fingerprint density at radius 3 is 2.32 bits per heavy atom. The maximum Gasteiger partial charge on any atom is 0.255 e. The second-order valence-electron chi connectivity index (χ2n) is 21.0. The number of aromatic amines is 1. The van der Waals surface area contributed by atoms with Gasteiger partial charge < -0.3 is 55.2 Å². The largest absolute Gasteiger partial charge is 0.391 e. The minimum Gasteiger partial charge on any atom is -0.391 e. The van der Waals surface area contributed by atoms with Crippen molar-refractivity contribution in [2.45, 2.75) is 84.7 Å². The van der Waals surface area contributed by atoms with E-state index in [1.165, 1.54) is 4.90 Å². The van der Waals surface area contributed by atoms with E-state index in [9.17, 15) is 29.1 Å². The molecule has 0 aliphatic carbocycles. The first-order chi connectivity index (χ1) is 37.6. The lowest BCUT2D eigenvalue weighted by atomic mass is 9.85. The van der Waals surface area contributed by atoms with Crippen LogP contribution in [0.4, 0.5) is 5.69 Å². The lowest BCUT2D eigenvalue weighted by molar-refractivity contribution is -0.144.